The van der Waals surface area contributed by atoms with Crippen molar-refractivity contribution >= 4 is 11.8 Å². The summed E-state index contributed by atoms with van der Waals surface area (Å²) < 4.78 is 5.56. The molecular weight excluding hydrogens is 326 g/mol. The number of ether oxygens (including phenoxy) is 1. The van der Waals surface area contributed by atoms with Crippen LogP contribution in [0.5, 0.6) is 5.75 Å². The lowest BCUT2D eigenvalue weighted by molar-refractivity contribution is 0.196. The summed E-state index contributed by atoms with van der Waals surface area (Å²) in [4.78, 5) is 4.32. The molecule has 1 aliphatic carbocycles. The summed E-state index contributed by atoms with van der Waals surface area (Å²) in [7, 11) is 1.79. The van der Waals surface area contributed by atoms with Crippen LogP contribution in [0.25, 0.3) is 0 Å². The summed E-state index contributed by atoms with van der Waals surface area (Å²) in [6, 6.07) is 8.56. The summed E-state index contributed by atoms with van der Waals surface area (Å²) in [6.45, 7) is 3.70. The van der Waals surface area contributed by atoms with E-state index in [0.29, 0.717) is 5.92 Å². The molecule has 0 bridgehead atoms. The number of hydrogen-bond acceptors (Lipinski definition) is 3. The Bertz CT molecular complexity index is 645. The van der Waals surface area contributed by atoms with Gasteiger partial charge in [0.25, 0.3) is 0 Å². The zero-order valence-electron chi connectivity index (χ0n) is 15.2. The number of fused-ring (bicyclic) bond motifs is 1. The van der Waals surface area contributed by atoms with Gasteiger partial charge < -0.3 is 9.64 Å². The molecule has 2 saturated heterocycles. The van der Waals surface area contributed by atoms with Crippen molar-refractivity contribution in [3.63, 3.8) is 0 Å². The van der Waals surface area contributed by atoms with Gasteiger partial charge in [0, 0.05) is 0 Å². The molecule has 0 aromatic heterocycles. The van der Waals surface area contributed by atoms with E-state index >= 15 is 0 Å². The van der Waals surface area contributed by atoms with Gasteiger partial charge in [-0.1, -0.05) is 36.4 Å². The molecule has 0 amide bonds. The number of benzene rings is 1. The average molecular weight is 356 g/mol. The van der Waals surface area contributed by atoms with E-state index in [-0.39, 0.29) is 0 Å². The molecular formula is C22H29NOS. The van der Waals surface area contributed by atoms with Gasteiger partial charge in [-0.05, 0) is 85.4 Å². The molecule has 3 heteroatoms. The van der Waals surface area contributed by atoms with E-state index in [1.165, 1.54) is 56.6 Å². The molecule has 25 heavy (non-hydrogen) atoms. The van der Waals surface area contributed by atoms with Gasteiger partial charge in [-0.25, -0.2) is 0 Å². The normalized spacial score (nSPS) is 27.2. The molecule has 0 N–H and O–H groups in total. The average Bonchev–Trinajstić information content (AvgIpc) is 3.16. The molecule has 2 nitrogen and oxygen atoms in total. The van der Waals surface area contributed by atoms with Crippen LogP contribution in [0.15, 0.2) is 47.4 Å². The first-order chi connectivity index (χ1) is 12.3. The topological polar surface area (TPSA) is 12.5 Å². The smallest absolute Gasteiger partial charge is 0.122 e. The second-order valence-electron chi connectivity index (χ2n) is 7.51. The first kappa shape index (κ1) is 17.2. The predicted molar refractivity (Wildman–Crippen MR) is 107 cm³/mol. The molecule has 1 aromatic rings. The number of piperidine rings is 1. The van der Waals surface area contributed by atoms with Crippen molar-refractivity contribution < 1.29 is 4.74 Å². The maximum Gasteiger partial charge on any atom is 0.122 e. The third kappa shape index (κ3) is 3.83. The monoisotopic (exact) mass is 355 g/mol. The third-order valence-corrected chi connectivity index (χ3v) is 7.36. The van der Waals surface area contributed by atoms with Crippen LogP contribution >= 0.6 is 11.8 Å². The van der Waals surface area contributed by atoms with Gasteiger partial charge in [0.2, 0.25) is 0 Å². The molecule has 2 heterocycles. The number of methoxy groups -OCH3 is 1. The first-order valence-corrected chi connectivity index (χ1v) is 10.7. The van der Waals surface area contributed by atoms with Crippen molar-refractivity contribution in [3.05, 3.63) is 53.0 Å². The van der Waals surface area contributed by atoms with Gasteiger partial charge in [0.05, 0.1) is 7.11 Å². The lowest BCUT2D eigenvalue weighted by atomic mass is 9.83. The number of hydrogen-bond donors (Lipinski definition) is 0. The van der Waals surface area contributed by atoms with E-state index in [1.807, 2.05) is 0 Å². The minimum atomic E-state index is 0.655. The number of likely N-dealkylation sites (tertiary alicyclic amines) is 1. The Morgan fingerprint density at radius 2 is 2.00 bits per heavy atom. The Kier molecular flexibility index (Phi) is 5.52. The summed E-state index contributed by atoms with van der Waals surface area (Å²) in [5, 5.41) is 0. The SMILES string of the molecule is COc1ccccc1C1CCN(CCC2C=CC=C3SCCC32)CC1. The van der Waals surface area contributed by atoms with E-state index in [4.69, 9.17) is 4.74 Å². The van der Waals surface area contributed by atoms with Crippen LogP contribution in [-0.2, 0) is 0 Å². The number of nitrogens with zero attached hydrogens (tertiary/aromatic N) is 1. The molecule has 1 aromatic carbocycles. The van der Waals surface area contributed by atoms with E-state index in [2.05, 4.69) is 59.2 Å². The van der Waals surface area contributed by atoms with Crippen molar-refractivity contribution in [2.75, 3.05) is 32.5 Å². The summed E-state index contributed by atoms with van der Waals surface area (Å²) in [5.41, 5.74) is 1.40. The molecule has 2 fully saturated rings. The Balaban J connectivity index is 1.28. The fourth-order valence-electron chi connectivity index (χ4n) is 4.68. The number of thioether (sulfide) groups is 1. The van der Waals surface area contributed by atoms with E-state index in [9.17, 15) is 0 Å². The third-order valence-electron chi connectivity index (χ3n) is 6.14. The summed E-state index contributed by atoms with van der Waals surface area (Å²) in [6.07, 6.45) is 12.3. The van der Waals surface area contributed by atoms with Crippen LogP contribution < -0.4 is 4.74 Å². The fraction of sp³-hybridized carbons (Fsp3) is 0.545. The molecule has 3 aliphatic rings. The molecule has 0 spiro atoms. The van der Waals surface area contributed by atoms with E-state index in [1.54, 1.807) is 12.0 Å². The molecule has 4 rings (SSSR count). The number of rotatable bonds is 5. The minimum absolute atomic E-state index is 0.655. The summed E-state index contributed by atoms with van der Waals surface area (Å²) >= 11 is 2.08. The van der Waals surface area contributed by atoms with Crippen molar-refractivity contribution in [1.29, 1.82) is 0 Å². The Morgan fingerprint density at radius 1 is 1.16 bits per heavy atom. The zero-order chi connectivity index (χ0) is 17.1. The van der Waals surface area contributed by atoms with Crippen molar-refractivity contribution in [3.8, 4) is 5.75 Å². The van der Waals surface area contributed by atoms with Gasteiger partial charge in [-0.3, -0.25) is 0 Å². The second kappa shape index (κ2) is 8.01. The quantitative estimate of drug-likeness (QED) is 0.730. The van der Waals surface area contributed by atoms with Crippen LogP contribution in [-0.4, -0.2) is 37.4 Å². The maximum atomic E-state index is 5.56. The molecule has 2 aliphatic heterocycles. The Morgan fingerprint density at radius 3 is 2.84 bits per heavy atom. The van der Waals surface area contributed by atoms with E-state index < -0.39 is 0 Å². The highest BCUT2D eigenvalue weighted by molar-refractivity contribution is 8.03. The highest BCUT2D eigenvalue weighted by atomic mass is 32.2. The standard InChI is InChI=1S/C22H29NOS/c1-24-21-7-3-2-6-19(21)18-10-14-23(15-11-18)13-9-17-5-4-8-22-20(17)12-16-25-22/h2-8,17-18,20H,9-16H2,1H3. The molecule has 2 atom stereocenters. The first-order valence-electron chi connectivity index (χ1n) is 9.71. The molecule has 2 unspecified atom stereocenters. The number of para-hydroxylation sites is 1. The number of allylic oxidation sites excluding steroid dienone is 4. The van der Waals surface area contributed by atoms with Gasteiger partial charge in [-0.15, -0.1) is 11.8 Å². The lowest BCUT2D eigenvalue weighted by Crippen LogP contribution is -2.35. The Hall–Kier alpha value is -1.19. The van der Waals surface area contributed by atoms with Gasteiger partial charge in [0.1, 0.15) is 5.75 Å². The van der Waals surface area contributed by atoms with Crippen LogP contribution in [0.1, 0.15) is 37.2 Å². The highest BCUT2D eigenvalue weighted by Crippen LogP contribution is 2.44. The Labute approximate surface area is 156 Å². The van der Waals surface area contributed by atoms with Crippen LogP contribution in [0.3, 0.4) is 0 Å². The minimum Gasteiger partial charge on any atom is -0.496 e. The lowest BCUT2D eigenvalue weighted by Gasteiger charge is -2.34. The molecule has 0 radical (unpaired) electrons. The fourth-order valence-corrected chi connectivity index (χ4v) is 5.97. The zero-order valence-corrected chi connectivity index (χ0v) is 16.0. The van der Waals surface area contributed by atoms with Crippen molar-refractivity contribution in [2.45, 2.75) is 31.6 Å². The van der Waals surface area contributed by atoms with Gasteiger partial charge in [-0.2, -0.15) is 0 Å². The van der Waals surface area contributed by atoms with E-state index in [0.717, 1.165) is 17.6 Å². The predicted octanol–water partition coefficient (Wildman–Crippen LogP) is 5.09. The molecule has 134 valence electrons. The van der Waals surface area contributed by atoms with Gasteiger partial charge in [0.15, 0.2) is 0 Å². The van der Waals surface area contributed by atoms with Gasteiger partial charge >= 0.3 is 0 Å². The van der Waals surface area contributed by atoms with Crippen LogP contribution in [0.4, 0.5) is 0 Å². The summed E-state index contributed by atoms with van der Waals surface area (Å²) in [5.74, 6) is 4.62. The highest BCUT2D eigenvalue weighted by Gasteiger charge is 2.30. The largest absolute Gasteiger partial charge is 0.496 e. The molecule has 0 saturated carbocycles. The van der Waals surface area contributed by atoms with Crippen molar-refractivity contribution in [1.82, 2.24) is 4.90 Å². The second-order valence-corrected chi connectivity index (χ2v) is 8.68. The van der Waals surface area contributed by atoms with Crippen LogP contribution in [0.2, 0.25) is 0 Å². The van der Waals surface area contributed by atoms with Crippen molar-refractivity contribution in [2.24, 2.45) is 11.8 Å². The van der Waals surface area contributed by atoms with Crippen LogP contribution in [0, 0.1) is 11.8 Å². The maximum absolute atomic E-state index is 5.56.